The molecular formula is C23H27F3N2O2. The van der Waals surface area contributed by atoms with E-state index in [4.69, 9.17) is 5.73 Å². The zero-order valence-corrected chi connectivity index (χ0v) is 16.8. The van der Waals surface area contributed by atoms with Crippen molar-refractivity contribution in [3.8, 4) is 0 Å². The number of hydrogen-bond donors (Lipinski definition) is 1. The normalized spacial score (nSPS) is 14.4. The van der Waals surface area contributed by atoms with Crippen LogP contribution in [0.4, 0.5) is 13.2 Å². The van der Waals surface area contributed by atoms with Gasteiger partial charge in [-0.25, -0.2) is 0 Å². The molecular weight excluding hydrogens is 393 g/mol. The van der Waals surface area contributed by atoms with Crippen molar-refractivity contribution in [1.29, 1.82) is 0 Å². The Balaban J connectivity index is 0.000000456. The van der Waals surface area contributed by atoms with Crippen LogP contribution < -0.4 is 5.73 Å². The fourth-order valence-corrected chi connectivity index (χ4v) is 3.46. The summed E-state index contributed by atoms with van der Waals surface area (Å²) in [4.78, 5) is 25.1. The van der Waals surface area contributed by atoms with Gasteiger partial charge in [-0.1, -0.05) is 67.8 Å². The minimum atomic E-state index is -4.45. The van der Waals surface area contributed by atoms with Gasteiger partial charge >= 0.3 is 6.18 Å². The lowest BCUT2D eigenvalue weighted by Gasteiger charge is -2.28. The van der Waals surface area contributed by atoms with Gasteiger partial charge < -0.3 is 10.6 Å². The zero-order chi connectivity index (χ0) is 22.0. The molecule has 7 heteroatoms. The number of alkyl halides is 3. The zero-order valence-electron chi connectivity index (χ0n) is 16.8. The van der Waals surface area contributed by atoms with Gasteiger partial charge in [0.1, 0.15) is 0 Å². The van der Waals surface area contributed by atoms with Crippen LogP contribution in [0.5, 0.6) is 0 Å². The van der Waals surface area contributed by atoms with Crippen LogP contribution in [0.3, 0.4) is 0 Å². The molecule has 4 nitrogen and oxygen atoms in total. The van der Waals surface area contributed by atoms with Gasteiger partial charge in [-0.2, -0.15) is 13.2 Å². The van der Waals surface area contributed by atoms with Crippen LogP contribution >= 0.6 is 0 Å². The van der Waals surface area contributed by atoms with Gasteiger partial charge in [-0.15, -0.1) is 0 Å². The Morgan fingerprint density at radius 3 is 2.00 bits per heavy atom. The maximum absolute atomic E-state index is 12.8. The number of rotatable bonds is 5. The van der Waals surface area contributed by atoms with Gasteiger partial charge in [-0.3, -0.25) is 9.59 Å². The van der Waals surface area contributed by atoms with Gasteiger partial charge in [0.15, 0.2) is 0 Å². The molecule has 0 spiro atoms. The van der Waals surface area contributed by atoms with E-state index >= 15 is 0 Å². The molecule has 0 heterocycles. The first-order valence-corrected chi connectivity index (χ1v) is 10.0. The summed E-state index contributed by atoms with van der Waals surface area (Å²) in [5, 5.41) is 0. The van der Waals surface area contributed by atoms with Crippen LogP contribution in [-0.4, -0.2) is 23.3 Å². The van der Waals surface area contributed by atoms with Gasteiger partial charge in [0.25, 0.3) is 0 Å². The summed E-state index contributed by atoms with van der Waals surface area (Å²) in [6, 6.07) is 16.8. The molecule has 1 aliphatic rings. The lowest BCUT2D eigenvalue weighted by molar-refractivity contribution is -0.140. The van der Waals surface area contributed by atoms with E-state index in [2.05, 4.69) is 0 Å². The summed E-state index contributed by atoms with van der Waals surface area (Å²) < 4.78 is 38.4. The third-order valence-corrected chi connectivity index (χ3v) is 4.91. The highest BCUT2D eigenvalue weighted by atomic mass is 19.4. The van der Waals surface area contributed by atoms with E-state index in [0.717, 1.165) is 44.2 Å². The van der Waals surface area contributed by atoms with E-state index in [-0.39, 0.29) is 24.9 Å². The van der Waals surface area contributed by atoms with Crippen molar-refractivity contribution in [2.24, 2.45) is 11.7 Å². The standard InChI is InChI=1S/C17H21F3N2O2.C6H6/c18-17(19,20)14-8-4-5-12(9-14)10-22(11-15(21)23)16(24)13-6-2-1-3-7-13;1-2-4-6-5-3-1/h4-5,8-9,13H,1-3,6-7,10-11H2,(H2,21,23);1-6H. The number of carbonyl (C=O) groups is 2. The van der Waals surface area contributed by atoms with E-state index in [9.17, 15) is 22.8 Å². The molecule has 1 fully saturated rings. The van der Waals surface area contributed by atoms with Crippen LogP contribution in [0.15, 0.2) is 60.7 Å². The lowest BCUT2D eigenvalue weighted by atomic mass is 9.88. The summed E-state index contributed by atoms with van der Waals surface area (Å²) >= 11 is 0. The van der Waals surface area contributed by atoms with Gasteiger partial charge in [0.2, 0.25) is 11.8 Å². The van der Waals surface area contributed by atoms with E-state index in [1.807, 2.05) is 36.4 Å². The molecule has 30 heavy (non-hydrogen) atoms. The summed E-state index contributed by atoms with van der Waals surface area (Å²) in [6.07, 6.45) is 0.0211. The quantitative estimate of drug-likeness (QED) is 0.756. The average molecular weight is 420 g/mol. The van der Waals surface area contributed by atoms with Crippen molar-refractivity contribution in [3.05, 3.63) is 71.8 Å². The van der Waals surface area contributed by atoms with E-state index in [0.29, 0.717) is 5.56 Å². The third-order valence-electron chi connectivity index (χ3n) is 4.91. The average Bonchev–Trinajstić information content (AvgIpc) is 2.74. The van der Waals surface area contributed by atoms with Crippen molar-refractivity contribution in [2.75, 3.05) is 6.54 Å². The molecule has 3 rings (SSSR count). The Kier molecular flexibility index (Phi) is 8.89. The van der Waals surface area contributed by atoms with Crippen LogP contribution in [0.25, 0.3) is 0 Å². The monoisotopic (exact) mass is 420 g/mol. The molecule has 2 aromatic rings. The number of hydrogen-bond acceptors (Lipinski definition) is 2. The second kappa shape index (κ2) is 11.4. The molecule has 0 saturated heterocycles. The highest BCUT2D eigenvalue weighted by Crippen LogP contribution is 2.30. The molecule has 2 aromatic carbocycles. The Bertz CT molecular complexity index is 777. The lowest BCUT2D eigenvalue weighted by Crippen LogP contribution is -2.41. The first-order valence-electron chi connectivity index (χ1n) is 10.0. The SMILES string of the molecule is NC(=O)CN(Cc1cccc(C(F)(F)F)c1)C(=O)C1CCCCC1.c1ccccc1. The Labute approximate surface area is 174 Å². The predicted octanol–water partition coefficient (Wildman–Crippen LogP) is 4.79. The molecule has 0 unspecified atom stereocenters. The molecule has 1 saturated carbocycles. The fourth-order valence-electron chi connectivity index (χ4n) is 3.46. The second-order valence-corrected chi connectivity index (χ2v) is 7.35. The molecule has 1 aliphatic carbocycles. The predicted molar refractivity (Wildman–Crippen MR) is 109 cm³/mol. The number of amides is 2. The first-order chi connectivity index (χ1) is 14.3. The van der Waals surface area contributed by atoms with Crippen molar-refractivity contribution >= 4 is 11.8 Å². The Hall–Kier alpha value is -2.83. The molecule has 0 aromatic heterocycles. The molecule has 0 atom stereocenters. The van der Waals surface area contributed by atoms with E-state index in [1.54, 1.807) is 0 Å². The number of nitrogens with zero attached hydrogens (tertiary/aromatic N) is 1. The van der Waals surface area contributed by atoms with E-state index in [1.165, 1.54) is 17.0 Å². The maximum Gasteiger partial charge on any atom is 0.416 e. The summed E-state index contributed by atoms with van der Waals surface area (Å²) in [5.41, 5.74) is 4.76. The topological polar surface area (TPSA) is 63.4 Å². The molecule has 2 amide bonds. The highest BCUT2D eigenvalue weighted by molar-refractivity contribution is 5.85. The molecule has 162 valence electrons. The number of benzene rings is 2. The van der Waals surface area contributed by atoms with Gasteiger partial charge in [0, 0.05) is 12.5 Å². The summed E-state index contributed by atoms with van der Waals surface area (Å²) in [6.45, 7) is -0.340. The van der Waals surface area contributed by atoms with Crippen molar-refractivity contribution in [2.45, 2.75) is 44.8 Å². The van der Waals surface area contributed by atoms with Crippen molar-refractivity contribution < 1.29 is 22.8 Å². The Morgan fingerprint density at radius 1 is 0.933 bits per heavy atom. The number of carbonyl (C=O) groups excluding carboxylic acids is 2. The van der Waals surface area contributed by atoms with Crippen molar-refractivity contribution in [3.63, 3.8) is 0 Å². The smallest absolute Gasteiger partial charge is 0.368 e. The summed E-state index contributed by atoms with van der Waals surface area (Å²) in [5.74, 6) is -1.05. The molecule has 2 N–H and O–H groups in total. The largest absolute Gasteiger partial charge is 0.416 e. The van der Waals surface area contributed by atoms with Crippen LogP contribution in [0.1, 0.15) is 43.2 Å². The minimum Gasteiger partial charge on any atom is -0.368 e. The highest BCUT2D eigenvalue weighted by Gasteiger charge is 2.31. The first kappa shape index (κ1) is 23.4. The van der Waals surface area contributed by atoms with Crippen LogP contribution in [-0.2, 0) is 22.3 Å². The van der Waals surface area contributed by atoms with Gasteiger partial charge in [-0.05, 0) is 30.5 Å². The number of primary amides is 1. The minimum absolute atomic E-state index is 0.0534. The number of halogens is 3. The molecule has 0 aliphatic heterocycles. The second-order valence-electron chi connectivity index (χ2n) is 7.35. The molecule has 0 radical (unpaired) electrons. The van der Waals surface area contributed by atoms with E-state index < -0.39 is 17.6 Å². The summed E-state index contributed by atoms with van der Waals surface area (Å²) in [7, 11) is 0. The van der Waals surface area contributed by atoms with Crippen LogP contribution in [0, 0.1) is 5.92 Å². The molecule has 0 bridgehead atoms. The Morgan fingerprint density at radius 2 is 1.50 bits per heavy atom. The third kappa shape index (κ3) is 7.89. The van der Waals surface area contributed by atoms with Crippen LogP contribution in [0.2, 0.25) is 0 Å². The van der Waals surface area contributed by atoms with Gasteiger partial charge in [0.05, 0.1) is 12.1 Å². The maximum atomic E-state index is 12.8. The van der Waals surface area contributed by atoms with Crippen molar-refractivity contribution in [1.82, 2.24) is 4.90 Å². The fraction of sp³-hybridized carbons (Fsp3) is 0.391. The number of nitrogens with two attached hydrogens (primary N) is 1.